The van der Waals surface area contributed by atoms with E-state index in [1.165, 1.54) is 0 Å². The molecule has 0 unspecified atom stereocenters. The molecule has 0 radical (unpaired) electrons. The number of hydrogen-bond acceptors (Lipinski definition) is 4. The van der Waals surface area contributed by atoms with Crippen LogP contribution in [0.5, 0.6) is 5.75 Å². The van der Waals surface area contributed by atoms with E-state index in [4.69, 9.17) is 22.1 Å². The van der Waals surface area contributed by atoms with E-state index in [9.17, 15) is 9.59 Å². The Hall–Kier alpha value is -2.34. The molecular weight excluding hydrogens is 342 g/mol. The number of rotatable bonds is 4. The van der Waals surface area contributed by atoms with Gasteiger partial charge in [-0.05, 0) is 44.0 Å². The van der Waals surface area contributed by atoms with E-state index < -0.39 is 0 Å². The van der Waals surface area contributed by atoms with Crippen LogP contribution in [0.25, 0.3) is 10.9 Å². The number of likely N-dealkylation sites (tertiary alicyclic amines) is 1. The number of nitrogens with zero attached hydrogens (tertiary/aromatic N) is 2. The molecule has 2 aromatic rings. The fourth-order valence-electron chi connectivity index (χ4n) is 3.14. The molecule has 6 nitrogen and oxygen atoms in total. The lowest BCUT2D eigenvalue weighted by molar-refractivity contribution is -0.139. The minimum Gasteiger partial charge on any atom is -0.481 e. The Labute approximate surface area is 150 Å². The number of carbonyl (C=O) groups excluding carboxylic acids is 2. The molecule has 2 N–H and O–H groups in total. The van der Waals surface area contributed by atoms with Crippen molar-refractivity contribution < 1.29 is 14.3 Å². The van der Waals surface area contributed by atoms with Crippen molar-refractivity contribution in [1.82, 2.24) is 9.88 Å². The molecule has 0 bridgehead atoms. The Kier molecular flexibility index (Phi) is 5.08. The van der Waals surface area contributed by atoms with Crippen LogP contribution in [0.2, 0.25) is 5.02 Å². The summed E-state index contributed by atoms with van der Waals surface area (Å²) in [5.74, 6) is -0.321. The second kappa shape index (κ2) is 7.27. The maximum absolute atomic E-state index is 12.6. The predicted molar refractivity (Wildman–Crippen MR) is 95.3 cm³/mol. The normalized spacial score (nSPS) is 20.5. The summed E-state index contributed by atoms with van der Waals surface area (Å²) < 4.78 is 5.70. The van der Waals surface area contributed by atoms with Gasteiger partial charge < -0.3 is 15.4 Å². The second-order valence-corrected chi connectivity index (χ2v) is 6.71. The molecule has 7 heteroatoms. The maximum Gasteiger partial charge on any atom is 0.260 e. The van der Waals surface area contributed by atoms with Crippen molar-refractivity contribution in [3.05, 3.63) is 35.5 Å². The molecule has 2 heterocycles. The topological polar surface area (TPSA) is 85.5 Å². The molecule has 1 aromatic heterocycles. The molecule has 2 amide bonds. The summed E-state index contributed by atoms with van der Waals surface area (Å²) in [7, 11) is 0. The van der Waals surface area contributed by atoms with E-state index in [-0.39, 0.29) is 30.4 Å². The molecule has 3 rings (SSSR count). The quantitative estimate of drug-likeness (QED) is 0.905. The van der Waals surface area contributed by atoms with Crippen LogP contribution in [0.1, 0.15) is 19.8 Å². The third-order valence-corrected chi connectivity index (χ3v) is 4.96. The van der Waals surface area contributed by atoms with Crippen molar-refractivity contribution >= 4 is 34.3 Å². The Morgan fingerprint density at radius 3 is 2.92 bits per heavy atom. The standard InChI is InChI=1S/C18H20ClN3O3/c1-11-4-5-12(18(20)24)9-22(11)16(23)10-25-15-7-6-14(19)13-3-2-8-21-17(13)15/h2-3,6-8,11-12H,4-5,9-10H2,1H3,(H2,20,24)/t11-,12+/m0/s1. The van der Waals surface area contributed by atoms with Gasteiger partial charge in [0.2, 0.25) is 5.91 Å². The summed E-state index contributed by atoms with van der Waals surface area (Å²) in [6, 6.07) is 7.13. The van der Waals surface area contributed by atoms with Crippen LogP contribution in [0.3, 0.4) is 0 Å². The number of benzene rings is 1. The van der Waals surface area contributed by atoms with Gasteiger partial charge in [0.1, 0.15) is 11.3 Å². The number of ether oxygens (including phenoxy) is 1. The van der Waals surface area contributed by atoms with Gasteiger partial charge in [-0.3, -0.25) is 14.6 Å². The lowest BCUT2D eigenvalue weighted by Gasteiger charge is -2.36. The van der Waals surface area contributed by atoms with Crippen molar-refractivity contribution in [3.8, 4) is 5.75 Å². The number of hydrogen-bond donors (Lipinski definition) is 1. The zero-order valence-corrected chi connectivity index (χ0v) is 14.7. The first-order chi connectivity index (χ1) is 12.0. The Balaban J connectivity index is 1.72. The van der Waals surface area contributed by atoms with Gasteiger partial charge in [0.15, 0.2) is 6.61 Å². The number of primary amides is 1. The van der Waals surface area contributed by atoms with E-state index >= 15 is 0 Å². The SMILES string of the molecule is C[C@H]1CC[C@@H](C(N)=O)CN1C(=O)COc1ccc(Cl)c2cccnc12. The number of halogens is 1. The molecule has 2 atom stereocenters. The van der Waals surface area contributed by atoms with Crippen molar-refractivity contribution in [2.24, 2.45) is 11.7 Å². The highest BCUT2D eigenvalue weighted by molar-refractivity contribution is 6.35. The number of piperidine rings is 1. The van der Waals surface area contributed by atoms with Crippen molar-refractivity contribution in [2.45, 2.75) is 25.8 Å². The van der Waals surface area contributed by atoms with Gasteiger partial charge in [-0.25, -0.2) is 0 Å². The van der Waals surface area contributed by atoms with Crippen LogP contribution in [-0.2, 0) is 9.59 Å². The van der Waals surface area contributed by atoms with E-state index in [1.54, 1.807) is 29.3 Å². The molecule has 1 fully saturated rings. The van der Waals surface area contributed by atoms with Gasteiger partial charge in [0, 0.05) is 24.2 Å². The monoisotopic (exact) mass is 361 g/mol. The number of fused-ring (bicyclic) bond motifs is 1. The van der Waals surface area contributed by atoms with Gasteiger partial charge in [-0.15, -0.1) is 0 Å². The summed E-state index contributed by atoms with van der Waals surface area (Å²) in [5.41, 5.74) is 6.00. The highest BCUT2D eigenvalue weighted by atomic mass is 35.5. The first-order valence-corrected chi connectivity index (χ1v) is 8.60. The van der Waals surface area contributed by atoms with E-state index in [1.807, 2.05) is 13.0 Å². The largest absolute Gasteiger partial charge is 0.481 e. The summed E-state index contributed by atoms with van der Waals surface area (Å²) in [6.07, 6.45) is 3.12. The van der Waals surface area contributed by atoms with Gasteiger partial charge in [0.05, 0.1) is 10.9 Å². The lowest BCUT2D eigenvalue weighted by Crippen LogP contribution is -2.50. The maximum atomic E-state index is 12.6. The molecule has 25 heavy (non-hydrogen) atoms. The average Bonchev–Trinajstić information content (AvgIpc) is 2.61. The minimum absolute atomic E-state index is 0.0618. The van der Waals surface area contributed by atoms with Crippen LogP contribution in [0, 0.1) is 5.92 Å². The molecule has 132 valence electrons. The van der Waals surface area contributed by atoms with Crippen molar-refractivity contribution in [3.63, 3.8) is 0 Å². The average molecular weight is 362 g/mol. The Bertz CT molecular complexity index is 811. The minimum atomic E-state index is -0.362. The van der Waals surface area contributed by atoms with Crippen molar-refractivity contribution in [1.29, 1.82) is 0 Å². The number of amides is 2. The molecule has 0 saturated carbocycles. The van der Waals surface area contributed by atoms with Gasteiger partial charge in [-0.1, -0.05) is 11.6 Å². The fourth-order valence-corrected chi connectivity index (χ4v) is 3.35. The fraction of sp³-hybridized carbons (Fsp3) is 0.389. The van der Waals surface area contributed by atoms with Crippen LogP contribution in [0.15, 0.2) is 30.5 Å². The Morgan fingerprint density at radius 1 is 1.36 bits per heavy atom. The molecule has 1 saturated heterocycles. The van der Waals surface area contributed by atoms with Gasteiger partial charge in [-0.2, -0.15) is 0 Å². The van der Waals surface area contributed by atoms with Gasteiger partial charge in [0.25, 0.3) is 5.91 Å². The summed E-state index contributed by atoms with van der Waals surface area (Å²) in [5, 5.41) is 1.35. The van der Waals surface area contributed by atoms with Gasteiger partial charge >= 0.3 is 0 Å². The molecule has 0 spiro atoms. The van der Waals surface area contributed by atoms with Crippen LogP contribution in [-0.4, -0.2) is 40.9 Å². The molecular formula is C18H20ClN3O3. The number of nitrogens with two attached hydrogens (primary N) is 1. The third kappa shape index (κ3) is 3.69. The first-order valence-electron chi connectivity index (χ1n) is 8.22. The predicted octanol–water partition coefficient (Wildman–Crippen LogP) is 2.38. The van der Waals surface area contributed by atoms with E-state index in [0.29, 0.717) is 29.3 Å². The number of carbonyl (C=O) groups is 2. The lowest BCUT2D eigenvalue weighted by atomic mass is 9.93. The number of pyridine rings is 1. The van der Waals surface area contributed by atoms with Crippen LogP contribution in [0.4, 0.5) is 0 Å². The molecule has 1 aromatic carbocycles. The van der Waals surface area contributed by atoms with E-state index in [0.717, 1.165) is 11.8 Å². The van der Waals surface area contributed by atoms with Crippen molar-refractivity contribution in [2.75, 3.05) is 13.2 Å². The zero-order valence-electron chi connectivity index (χ0n) is 13.9. The summed E-state index contributed by atoms with van der Waals surface area (Å²) in [6.45, 7) is 2.19. The third-order valence-electron chi connectivity index (χ3n) is 4.64. The molecule has 0 aliphatic carbocycles. The smallest absolute Gasteiger partial charge is 0.260 e. The van der Waals surface area contributed by atoms with E-state index in [2.05, 4.69) is 4.98 Å². The summed E-state index contributed by atoms with van der Waals surface area (Å²) >= 11 is 6.16. The molecule has 1 aliphatic rings. The van der Waals surface area contributed by atoms with Crippen LogP contribution >= 0.6 is 11.6 Å². The summed E-state index contributed by atoms with van der Waals surface area (Å²) in [4.78, 5) is 29.9. The highest BCUT2D eigenvalue weighted by Crippen LogP contribution is 2.30. The highest BCUT2D eigenvalue weighted by Gasteiger charge is 2.31. The number of aromatic nitrogens is 1. The Morgan fingerprint density at radius 2 is 2.16 bits per heavy atom. The first kappa shape index (κ1) is 17.5. The second-order valence-electron chi connectivity index (χ2n) is 6.31. The van der Waals surface area contributed by atoms with Crippen LogP contribution < -0.4 is 10.5 Å². The molecule has 1 aliphatic heterocycles. The zero-order chi connectivity index (χ0) is 18.0.